The van der Waals surface area contributed by atoms with Crippen molar-refractivity contribution >= 4 is 63.7 Å². The maximum Gasteiger partial charge on any atom is 0.0273 e. The highest BCUT2D eigenvalue weighted by Gasteiger charge is 2.28. The molecule has 0 bridgehead atoms. The maximum absolute atomic E-state index is 3.69. The summed E-state index contributed by atoms with van der Waals surface area (Å²) in [5.41, 5.74) is 0. The molecule has 0 aliphatic heterocycles. The van der Waals surface area contributed by atoms with Gasteiger partial charge in [0.15, 0.2) is 0 Å². The quantitative estimate of drug-likeness (QED) is 0.540. The second-order valence-corrected chi connectivity index (χ2v) is 7.26. The molecule has 0 amide bonds. The molecule has 0 spiro atoms. The van der Waals surface area contributed by atoms with Gasteiger partial charge >= 0.3 is 0 Å². The van der Waals surface area contributed by atoms with E-state index in [1.54, 1.807) is 0 Å². The third-order valence-corrected chi connectivity index (χ3v) is 7.78. The molecule has 82 valence electrons. The number of halogens is 4. The minimum absolute atomic E-state index is 0.581. The Morgan fingerprint density at radius 1 is 0.929 bits per heavy atom. The van der Waals surface area contributed by atoms with Crippen LogP contribution in [-0.4, -0.2) is 20.3 Å². The van der Waals surface area contributed by atoms with Gasteiger partial charge in [-0.1, -0.05) is 63.7 Å². The van der Waals surface area contributed by atoms with Crippen molar-refractivity contribution in [2.24, 2.45) is 11.8 Å². The lowest BCUT2D eigenvalue weighted by atomic mass is 9.80. The molecule has 4 atom stereocenters. The minimum atomic E-state index is 0.581. The largest absolute Gasteiger partial charge is 0.0916 e. The van der Waals surface area contributed by atoms with Gasteiger partial charge in [-0.25, -0.2) is 0 Å². The summed E-state index contributed by atoms with van der Waals surface area (Å²) in [6.45, 7) is 0. The van der Waals surface area contributed by atoms with Gasteiger partial charge in [-0.05, 0) is 37.5 Å². The molecule has 0 saturated heterocycles. The smallest absolute Gasteiger partial charge is 0.0273 e. The van der Waals surface area contributed by atoms with Crippen LogP contribution >= 0.6 is 63.7 Å². The Balaban J connectivity index is 2.31. The molecule has 1 aliphatic carbocycles. The summed E-state index contributed by atoms with van der Waals surface area (Å²) in [4.78, 5) is 1.16. The molecule has 0 heterocycles. The van der Waals surface area contributed by atoms with Crippen molar-refractivity contribution in [1.82, 2.24) is 0 Å². The zero-order chi connectivity index (χ0) is 10.6. The van der Waals surface area contributed by atoms with E-state index in [-0.39, 0.29) is 0 Å². The van der Waals surface area contributed by atoms with Crippen LogP contribution in [0.3, 0.4) is 0 Å². The first kappa shape index (κ1) is 14.0. The van der Waals surface area contributed by atoms with E-state index in [9.17, 15) is 0 Å². The van der Waals surface area contributed by atoms with E-state index in [2.05, 4.69) is 76.6 Å². The first-order chi connectivity index (χ1) is 6.69. The molecule has 4 heteroatoms. The van der Waals surface area contributed by atoms with Gasteiger partial charge in [-0.3, -0.25) is 0 Å². The van der Waals surface area contributed by atoms with E-state index in [4.69, 9.17) is 0 Å². The Labute approximate surface area is 120 Å². The Morgan fingerprint density at radius 3 is 1.50 bits per heavy atom. The van der Waals surface area contributed by atoms with Crippen LogP contribution in [0.1, 0.15) is 12.8 Å². The lowest BCUT2D eigenvalue weighted by molar-refractivity contribution is 0.431. The molecule has 1 aliphatic rings. The third kappa shape index (κ3) is 4.06. The van der Waals surface area contributed by atoms with E-state index in [0.29, 0.717) is 21.5 Å². The van der Waals surface area contributed by atoms with Crippen LogP contribution in [0.15, 0.2) is 0 Å². The fraction of sp³-hybridized carbons (Fsp3) is 0.800. The first-order valence-electron chi connectivity index (χ1n) is 4.75. The molecule has 4 unspecified atom stereocenters. The van der Waals surface area contributed by atoms with Crippen LogP contribution in [0.25, 0.3) is 0 Å². The Morgan fingerprint density at radius 2 is 1.29 bits per heavy atom. The Bertz CT molecular complexity index is 136. The summed E-state index contributed by atoms with van der Waals surface area (Å²) in [5, 5.41) is 2.06. The molecule has 1 fully saturated rings. The molecular weight excluding hydrogens is 440 g/mol. The second kappa shape index (κ2) is 7.29. The fourth-order valence-electron chi connectivity index (χ4n) is 1.68. The summed E-state index contributed by atoms with van der Waals surface area (Å²) < 4.78 is 0. The summed E-state index contributed by atoms with van der Waals surface area (Å²) in [6, 6.07) is 0. The van der Waals surface area contributed by atoms with Gasteiger partial charge in [0.05, 0.1) is 0 Å². The van der Waals surface area contributed by atoms with Crippen molar-refractivity contribution in [3.8, 4) is 0 Å². The normalized spacial score (nSPS) is 32.6. The number of hydrogen-bond donors (Lipinski definition) is 0. The average Bonchev–Trinajstić information content (AvgIpc) is 2.27. The van der Waals surface area contributed by atoms with Gasteiger partial charge in [-0.15, -0.1) is 0 Å². The highest BCUT2D eigenvalue weighted by molar-refractivity contribution is 9.12. The van der Waals surface area contributed by atoms with E-state index in [1.165, 1.54) is 12.8 Å². The first-order valence-corrected chi connectivity index (χ1v) is 8.83. The molecule has 14 heavy (non-hydrogen) atoms. The van der Waals surface area contributed by atoms with E-state index in [1.807, 2.05) is 0 Å². The van der Waals surface area contributed by atoms with E-state index < -0.39 is 0 Å². The van der Waals surface area contributed by atoms with Gasteiger partial charge in [0.1, 0.15) is 0 Å². The van der Waals surface area contributed by atoms with Crippen LogP contribution in [0, 0.1) is 24.7 Å². The predicted octanol–water partition coefficient (Wildman–Crippen LogP) is 4.74. The van der Waals surface area contributed by atoms with Crippen molar-refractivity contribution in [1.29, 1.82) is 0 Å². The SMILES string of the molecule is BrCC(Br)C1[CH]CC(C(Br)CBr)[CH]C1. The van der Waals surface area contributed by atoms with Gasteiger partial charge in [0.25, 0.3) is 0 Å². The number of hydrogen-bond acceptors (Lipinski definition) is 0. The molecule has 0 N–H and O–H groups in total. The van der Waals surface area contributed by atoms with Gasteiger partial charge in [0, 0.05) is 20.3 Å². The summed E-state index contributed by atoms with van der Waals surface area (Å²) >= 11 is 14.4. The van der Waals surface area contributed by atoms with Crippen molar-refractivity contribution < 1.29 is 0 Å². The molecular formula is C10H14Br4. The van der Waals surface area contributed by atoms with Crippen molar-refractivity contribution in [3.63, 3.8) is 0 Å². The monoisotopic (exact) mass is 450 g/mol. The lowest BCUT2D eigenvalue weighted by Gasteiger charge is -2.32. The number of alkyl halides is 4. The molecule has 0 aromatic heterocycles. The highest BCUT2D eigenvalue weighted by Crippen LogP contribution is 2.36. The summed E-state index contributed by atoms with van der Waals surface area (Å²) in [6.07, 6.45) is 7.31. The maximum atomic E-state index is 3.69. The van der Waals surface area contributed by atoms with Crippen LogP contribution in [0.4, 0.5) is 0 Å². The van der Waals surface area contributed by atoms with Crippen LogP contribution in [0.2, 0.25) is 0 Å². The summed E-state index contributed by atoms with van der Waals surface area (Å²) in [7, 11) is 0. The molecule has 2 radical (unpaired) electrons. The topological polar surface area (TPSA) is 0 Å². The minimum Gasteiger partial charge on any atom is -0.0916 e. The van der Waals surface area contributed by atoms with Crippen molar-refractivity contribution in [3.05, 3.63) is 12.8 Å². The van der Waals surface area contributed by atoms with Crippen LogP contribution in [0.5, 0.6) is 0 Å². The van der Waals surface area contributed by atoms with Gasteiger partial charge in [0.2, 0.25) is 0 Å². The van der Waals surface area contributed by atoms with Crippen LogP contribution in [-0.2, 0) is 0 Å². The highest BCUT2D eigenvalue weighted by atomic mass is 79.9. The molecule has 0 aromatic carbocycles. The Hall–Kier alpha value is 1.92. The Kier molecular flexibility index (Phi) is 7.28. The molecule has 1 saturated carbocycles. The number of rotatable bonds is 4. The van der Waals surface area contributed by atoms with Crippen molar-refractivity contribution in [2.75, 3.05) is 10.7 Å². The van der Waals surface area contributed by atoms with Crippen LogP contribution < -0.4 is 0 Å². The standard InChI is InChI=1S/C10H14Br4/c11-5-9(13)7-1-2-8(4-3-7)10(14)6-12/h1,4,7-10H,2-3,5-6H2. The van der Waals surface area contributed by atoms with E-state index >= 15 is 0 Å². The average molecular weight is 454 g/mol. The lowest BCUT2D eigenvalue weighted by Crippen LogP contribution is -2.28. The van der Waals surface area contributed by atoms with Crippen molar-refractivity contribution in [2.45, 2.75) is 22.5 Å². The summed E-state index contributed by atoms with van der Waals surface area (Å²) in [5.74, 6) is 1.39. The van der Waals surface area contributed by atoms with E-state index in [0.717, 1.165) is 10.7 Å². The molecule has 0 aromatic rings. The zero-order valence-corrected chi connectivity index (χ0v) is 14.1. The predicted molar refractivity (Wildman–Crippen MR) is 77.8 cm³/mol. The third-order valence-electron chi connectivity index (χ3n) is 2.65. The molecule has 0 nitrogen and oxygen atoms in total. The molecule has 1 rings (SSSR count). The fourth-order valence-corrected chi connectivity index (χ4v) is 3.50. The van der Waals surface area contributed by atoms with Gasteiger partial charge < -0.3 is 0 Å². The van der Waals surface area contributed by atoms with Gasteiger partial charge in [-0.2, -0.15) is 0 Å². The zero-order valence-electron chi connectivity index (χ0n) is 7.80. The second-order valence-electron chi connectivity index (χ2n) is 3.61.